The van der Waals surface area contributed by atoms with E-state index in [0.717, 1.165) is 11.1 Å². The molecule has 2 amide bonds. The summed E-state index contributed by atoms with van der Waals surface area (Å²) < 4.78 is 0. The van der Waals surface area contributed by atoms with Gasteiger partial charge >= 0.3 is 0 Å². The van der Waals surface area contributed by atoms with Crippen LogP contribution in [0.25, 0.3) is 0 Å². The van der Waals surface area contributed by atoms with E-state index in [2.05, 4.69) is 15.6 Å². The van der Waals surface area contributed by atoms with Crippen LogP contribution in [0.15, 0.2) is 48.7 Å². The van der Waals surface area contributed by atoms with Crippen LogP contribution >= 0.6 is 24.8 Å². The molecule has 2 aromatic rings. The van der Waals surface area contributed by atoms with Crippen LogP contribution in [0.4, 0.5) is 5.82 Å². The number of nitrogens with two attached hydrogens (primary N) is 2. The van der Waals surface area contributed by atoms with Gasteiger partial charge in [0.05, 0.1) is 6.04 Å². The van der Waals surface area contributed by atoms with E-state index >= 15 is 0 Å². The summed E-state index contributed by atoms with van der Waals surface area (Å²) >= 11 is 0. The largest absolute Gasteiger partial charge is 0.384 e. The standard InChI is InChI=1S/C20H27N5O2.2ClH/c1-14(19(26)23-12-11-16-8-10-18(22)24-13-16)25-20(27)17(21)9-7-15-5-3-2-4-6-15;;/h2-6,8,10,13-14,17H,7,9,11-12,21H2,1H3,(H2,22,24)(H,23,26)(H,25,27);2*1H. The molecule has 0 saturated heterocycles. The number of hydrogen-bond donors (Lipinski definition) is 4. The number of aryl methyl sites for hydroxylation is 1. The van der Waals surface area contributed by atoms with Crippen molar-refractivity contribution < 1.29 is 9.59 Å². The zero-order valence-electron chi connectivity index (χ0n) is 16.3. The Bertz CT molecular complexity index is 744. The molecule has 2 rings (SSSR count). The van der Waals surface area contributed by atoms with Gasteiger partial charge in [0.2, 0.25) is 11.8 Å². The van der Waals surface area contributed by atoms with E-state index < -0.39 is 12.1 Å². The molecule has 0 fully saturated rings. The van der Waals surface area contributed by atoms with Gasteiger partial charge in [-0.15, -0.1) is 24.8 Å². The van der Waals surface area contributed by atoms with Crippen molar-refractivity contribution in [3.63, 3.8) is 0 Å². The molecule has 0 aliphatic rings. The van der Waals surface area contributed by atoms with Crippen LogP contribution in [0, 0.1) is 0 Å². The van der Waals surface area contributed by atoms with Gasteiger partial charge in [-0.1, -0.05) is 36.4 Å². The Morgan fingerprint density at radius 1 is 1.00 bits per heavy atom. The molecule has 2 atom stereocenters. The Morgan fingerprint density at radius 3 is 2.31 bits per heavy atom. The van der Waals surface area contributed by atoms with Crippen LogP contribution < -0.4 is 22.1 Å². The number of amides is 2. The molecule has 2 unspecified atom stereocenters. The minimum Gasteiger partial charge on any atom is -0.384 e. The third kappa shape index (κ3) is 9.60. The Kier molecular flexibility index (Phi) is 12.6. The van der Waals surface area contributed by atoms with Gasteiger partial charge in [-0.05, 0) is 43.4 Å². The van der Waals surface area contributed by atoms with Crippen LogP contribution in [-0.4, -0.2) is 35.4 Å². The maximum atomic E-state index is 12.2. The topological polar surface area (TPSA) is 123 Å². The number of carbonyl (C=O) groups excluding carboxylic acids is 2. The molecule has 0 bridgehead atoms. The lowest BCUT2D eigenvalue weighted by atomic mass is 10.1. The van der Waals surface area contributed by atoms with Gasteiger partial charge in [-0.3, -0.25) is 9.59 Å². The number of carbonyl (C=O) groups is 2. The van der Waals surface area contributed by atoms with Crippen molar-refractivity contribution in [3.05, 3.63) is 59.8 Å². The molecule has 7 nitrogen and oxygen atoms in total. The molecule has 0 radical (unpaired) electrons. The second-order valence-corrected chi connectivity index (χ2v) is 6.49. The van der Waals surface area contributed by atoms with Gasteiger partial charge in [0.1, 0.15) is 11.9 Å². The van der Waals surface area contributed by atoms with E-state index in [-0.39, 0.29) is 36.6 Å². The highest BCUT2D eigenvalue weighted by molar-refractivity contribution is 5.89. The molecule has 1 aromatic heterocycles. The first-order valence-corrected chi connectivity index (χ1v) is 9.03. The van der Waals surface area contributed by atoms with E-state index in [9.17, 15) is 9.59 Å². The molecule has 0 saturated carbocycles. The highest BCUT2D eigenvalue weighted by Gasteiger charge is 2.19. The molecule has 1 heterocycles. The molecule has 0 aliphatic carbocycles. The molecule has 0 aliphatic heterocycles. The van der Waals surface area contributed by atoms with Crippen molar-refractivity contribution in [1.82, 2.24) is 15.6 Å². The maximum Gasteiger partial charge on any atom is 0.242 e. The zero-order valence-corrected chi connectivity index (χ0v) is 18.0. The van der Waals surface area contributed by atoms with Crippen LogP contribution in [0.1, 0.15) is 24.5 Å². The Morgan fingerprint density at radius 2 is 1.69 bits per heavy atom. The van der Waals surface area contributed by atoms with Crippen molar-refractivity contribution in [3.8, 4) is 0 Å². The summed E-state index contributed by atoms with van der Waals surface area (Å²) in [5, 5.41) is 5.46. The van der Waals surface area contributed by atoms with Gasteiger partial charge < -0.3 is 22.1 Å². The summed E-state index contributed by atoms with van der Waals surface area (Å²) in [6, 6.07) is 12.1. The van der Waals surface area contributed by atoms with Crippen LogP contribution in [0.2, 0.25) is 0 Å². The van der Waals surface area contributed by atoms with Crippen molar-refractivity contribution in [2.45, 2.75) is 38.3 Å². The molecular weight excluding hydrogens is 413 g/mol. The lowest BCUT2D eigenvalue weighted by Gasteiger charge is -2.17. The number of rotatable bonds is 9. The first kappa shape index (κ1) is 26.6. The summed E-state index contributed by atoms with van der Waals surface area (Å²) in [4.78, 5) is 28.3. The van der Waals surface area contributed by atoms with Crippen LogP contribution in [0.5, 0.6) is 0 Å². The number of pyridine rings is 1. The van der Waals surface area contributed by atoms with Crippen molar-refractivity contribution in [2.75, 3.05) is 12.3 Å². The first-order chi connectivity index (χ1) is 13.0. The quantitative estimate of drug-likeness (QED) is 0.470. The van der Waals surface area contributed by atoms with E-state index in [1.807, 2.05) is 36.4 Å². The Hall–Kier alpha value is -2.35. The zero-order chi connectivity index (χ0) is 19.6. The normalized spacial score (nSPS) is 11.9. The summed E-state index contributed by atoms with van der Waals surface area (Å²) in [5.41, 5.74) is 13.6. The van der Waals surface area contributed by atoms with Crippen LogP contribution in [0.3, 0.4) is 0 Å². The lowest BCUT2D eigenvalue weighted by molar-refractivity contribution is -0.129. The number of nitrogens with zero attached hydrogens (tertiary/aromatic N) is 1. The summed E-state index contributed by atoms with van der Waals surface area (Å²) in [7, 11) is 0. The predicted molar refractivity (Wildman–Crippen MR) is 120 cm³/mol. The fourth-order valence-corrected chi connectivity index (χ4v) is 2.55. The number of aromatic nitrogens is 1. The summed E-state index contributed by atoms with van der Waals surface area (Å²) in [5.74, 6) is -0.110. The van der Waals surface area contributed by atoms with Gasteiger partial charge in [-0.2, -0.15) is 0 Å². The lowest BCUT2D eigenvalue weighted by Crippen LogP contribution is -2.50. The highest BCUT2D eigenvalue weighted by Crippen LogP contribution is 2.04. The minimum atomic E-state index is -0.652. The smallest absolute Gasteiger partial charge is 0.242 e. The first-order valence-electron chi connectivity index (χ1n) is 9.03. The molecule has 0 spiro atoms. The predicted octanol–water partition coefficient (Wildman–Crippen LogP) is 1.63. The minimum absolute atomic E-state index is 0. The maximum absolute atomic E-state index is 12.2. The molecule has 6 N–H and O–H groups in total. The fourth-order valence-electron chi connectivity index (χ4n) is 2.55. The summed E-state index contributed by atoms with van der Waals surface area (Å²) in [6.07, 6.45) is 3.55. The number of halogens is 2. The van der Waals surface area contributed by atoms with E-state index in [0.29, 0.717) is 31.6 Å². The van der Waals surface area contributed by atoms with Gasteiger partial charge in [-0.25, -0.2) is 4.98 Å². The number of nitrogens with one attached hydrogen (secondary N) is 2. The second kappa shape index (κ2) is 13.8. The second-order valence-electron chi connectivity index (χ2n) is 6.49. The average Bonchev–Trinajstić information content (AvgIpc) is 2.68. The van der Waals surface area contributed by atoms with Crippen LogP contribution in [-0.2, 0) is 22.4 Å². The van der Waals surface area contributed by atoms with Gasteiger partial charge in [0.25, 0.3) is 0 Å². The summed E-state index contributed by atoms with van der Waals surface area (Å²) in [6.45, 7) is 2.09. The number of nitrogen functional groups attached to an aromatic ring is 1. The molecule has 9 heteroatoms. The Labute approximate surface area is 183 Å². The van der Waals surface area contributed by atoms with E-state index in [1.54, 1.807) is 19.2 Å². The van der Waals surface area contributed by atoms with E-state index in [1.165, 1.54) is 0 Å². The van der Waals surface area contributed by atoms with Crippen molar-refractivity contribution >= 4 is 42.4 Å². The third-order valence-electron chi connectivity index (χ3n) is 4.24. The molecular formula is C20H29Cl2N5O2. The Balaban J connectivity index is 0.00000392. The van der Waals surface area contributed by atoms with Gasteiger partial charge in [0.15, 0.2) is 0 Å². The number of anilines is 1. The third-order valence-corrected chi connectivity index (χ3v) is 4.24. The highest BCUT2D eigenvalue weighted by atomic mass is 35.5. The monoisotopic (exact) mass is 441 g/mol. The molecule has 1 aromatic carbocycles. The average molecular weight is 442 g/mol. The van der Waals surface area contributed by atoms with Gasteiger partial charge in [0, 0.05) is 12.7 Å². The van der Waals surface area contributed by atoms with Crippen molar-refractivity contribution in [1.29, 1.82) is 0 Å². The molecule has 29 heavy (non-hydrogen) atoms. The van der Waals surface area contributed by atoms with E-state index in [4.69, 9.17) is 11.5 Å². The number of benzene rings is 1. The SMILES string of the molecule is CC(NC(=O)C(N)CCc1ccccc1)C(=O)NCCc1ccc(N)nc1.Cl.Cl. The number of hydrogen-bond acceptors (Lipinski definition) is 5. The fraction of sp³-hybridized carbons (Fsp3) is 0.350. The molecule has 160 valence electrons. The van der Waals surface area contributed by atoms with Crippen molar-refractivity contribution in [2.24, 2.45) is 5.73 Å².